The molecule has 6 heteroatoms. The zero-order valence-corrected chi connectivity index (χ0v) is 12.3. The van der Waals surface area contributed by atoms with Gasteiger partial charge in [-0.1, -0.05) is 23.7 Å². The molecule has 0 saturated carbocycles. The highest BCUT2D eigenvalue weighted by Gasteiger charge is 2.22. The van der Waals surface area contributed by atoms with Crippen molar-refractivity contribution in [3.8, 4) is 0 Å². The Bertz CT molecular complexity index is 740. The van der Waals surface area contributed by atoms with Crippen LogP contribution in [0.3, 0.4) is 0 Å². The predicted octanol–water partition coefficient (Wildman–Crippen LogP) is 2.13. The highest BCUT2D eigenvalue weighted by Crippen LogP contribution is 2.22. The lowest BCUT2D eigenvalue weighted by Gasteiger charge is -2.12. The van der Waals surface area contributed by atoms with E-state index in [4.69, 9.17) is 11.6 Å². The second kappa shape index (κ2) is 5.33. The molecular formula is C14H15ClN2O2S. The minimum absolute atomic E-state index is 0.0269. The average Bonchev–Trinajstić information content (AvgIpc) is 2.90. The molecule has 0 aromatic heterocycles. The molecular weight excluding hydrogens is 296 g/mol. The molecule has 2 aromatic carbocycles. The monoisotopic (exact) mass is 310 g/mol. The zero-order chi connectivity index (χ0) is 14.2. The number of halogens is 1. The van der Waals surface area contributed by atoms with Crippen LogP contribution in [0.15, 0.2) is 41.3 Å². The summed E-state index contributed by atoms with van der Waals surface area (Å²) in [6.07, 6.45) is 0.822. The molecule has 0 unspecified atom stereocenters. The van der Waals surface area contributed by atoms with Crippen molar-refractivity contribution < 1.29 is 8.42 Å². The average molecular weight is 311 g/mol. The van der Waals surface area contributed by atoms with E-state index in [1.165, 1.54) is 0 Å². The summed E-state index contributed by atoms with van der Waals surface area (Å²) in [5.74, 6) is 0. The van der Waals surface area contributed by atoms with Crippen molar-refractivity contribution in [1.29, 1.82) is 0 Å². The maximum Gasteiger partial charge on any atom is 0.240 e. The van der Waals surface area contributed by atoms with Gasteiger partial charge in [-0.3, -0.25) is 0 Å². The summed E-state index contributed by atoms with van der Waals surface area (Å²) in [6, 6.07) is 10.5. The van der Waals surface area contributed by atoms with Gasteiger partial charge in [-0.25, -0.2) is 13.1 Å². The molecule has 1 heterocycles. The number of sulfonamides is 1. The minimum atomic E-state index is -3.47. The lowest BCUT2D eigenvalue weighted by atomic mass is 10.1. The molecule has 2 aromatic rings. The summed E-state index contributed by atoms with van der Waals surface area (Å²) in [5.41, 5.74) is 0. The van der Waals surface area contributed by atoms with Gasteiger partial charge in [-0.15, -0.1) is 0 Å². The third-order valence-corrected chi connectivity index (χ3v) is 5.22. The van der Waals surface area contributed by atoms with Crippen LogP contribution in [0.1, 0.15) is 6.42 Å². The van der Waals surface area contributed by atoms with Crippen molar-refractivity contribution in [2.45, 2.75) is 17.4 Å². The minimum Gasteiger partial charge on any atom is -0.315 e. The molecule has 0 radical (unpaired) electrons. The van der Waals surface area contributed by atoms with E-state index >= 15 is 0 Å². The number of rotatable bonds is 3. The van der Waals surface area contributed by atoms with Crippen LogP contribution in [-0.2, 0) is 10.0 Å². The van der Waals surface area contributed by atoms with E-state index in [1.807, 2.05) is 12.1 Å². The Hall–Kier alpha value is -1.14. The molecule has 3 rings (SSSR count). The third-order valence-electron chi connectivity index (χ3n) is 3.47. The number of nitrogens with one attached hydrogen (secondary N) is 2. The third kappa shape index (κ3) is 2.81. The Morgan fingerprint density at radius 1 is 1.15 bits per heavy atom. The first-order chi connectivity index (χ1) is 9.54. The molecule has 1 fully saturated rings. The second-order valence-electron chi connectivity index (χ2n) is 4.96. The number of benzene rings is 2. The Balaban J connectivity index is 1.94. The van der Waals surface area contributed by atoms with Gasteiger partial charge in [-0.2, -0.15) is 0 Å². The van der Waals surface area contributed by atoms with Gasteiger partial charge in [0.2, 0.25) is 10.0 Å². The number of fused-ring (bicyclic) bond motifs is 1. The molecule has 1 atom stereocenters. The summed E-state index contributed by atoms with van der Waals surface area (Å²) in [5, 5.41) is 5.57. The Kier molecular flexibility index (Phi) is 3.69. The summed E-state index contributed by atoms with van der Waals surface area (Å²) >= 11 is 5.92. The topological polar surface area (TPSA) is 58.2 Å². The number of hydrogen-bond donors (Lipinski definition) is 2. The highest BCUT2D eigenvalue weighted by molar-refractivity contribution is 7.89. The lowest BCUT2D eigenvalue weighted by molar-refractivity contribution is 0.560. The van der Waals surface area contributed by atoms with Crippen molar-refractivity contribution >= 4 is 32.4 Å². The molecule has 106 valence electrons. The largest absolute Gasteiger partial charge is 0.315 e. The molecule has 0 bridgehead atoms. The molecule has 0 aliphatic carbocycles. The molecule has 20 heavy (non-hydrogen) atoms. The van der Waals surface area contributed by atoms with Crippen LogP contribution in [0, 0.1) is 0 Å². The van der Waals surface area contributed by atoms with Crippen molar-refractivity contribution in [2.24, 2.45) is 0 Å². The van der Waals surface area contributed by atoms with Gasteiger partial charge in [0.15, 0.2) is 0 Å². The van der Waals surface area contributed by atoms with E-state index in [0.717, 1.165) is 23.7 Å². The first-order valence-corrected chi connectivity index (χ1v) is 8.33. The molecule has 1 aliphatic heterocycles. The van der Waals surface area contributed by atoms with Crippen molar-refractivity contribution in [3.05, 3.63) is 41.4 Å². The fraction of sp³-hybridized carbons (Fsp3) is 0.286. The SMILES string of the molecule is O=S(=O)(N[C@H]1CCNC1)c1ccc2cc(Cl)ccc2c1. The van der Waals surface area contributed by atoms with Crippen LogP contribution in [0.2, 0.25) is 5.02 Å². The molecule has 1 aliphatic rings. The fourth-order valence-electron chi connectivity index (χ4n) is 2.40. The van der Waals surface area contributed by atoms with E-state index in [9.17, 15) is 8.42 Å². The van der Waals surface area contributed by atoms with E-state index in [-0.39, 0.29) is 6.04 Å². The van der Waals surface area contributed by atoms with Crippen LogP contribution in [-0.4, -0.2) is 27.5 Å². The quantitative estimate of drug-likeness (QED) is 0.913. The predicted molar refractivity (Wildman–Crippen MR) is 80.6 cm³/mol. The summed E-state index contributed by atoms with van der Waals surface area (Å²) in [7, 11) is -3.47. The second-order valence-corrected chi connectivity index (χ2v) is 7.11. The Morgan fingerprint density at radius 2 is 1.90 bits per heavy atom. The summed E-state index contributed by atoms with van der Waals surface area (Å²) < 4.78 is 27.4. The maximum atomic E-state index is 12.3. The van der Waals surface area contributed by atoms with E-state index < -0.39 is 10.0 Å². The van der Waals surface area contributed by atoms with E-state index in [2.05, 4.69) is 10.0 Å². The maximum absolute atomic E-state index is 12.3. The molecule has 0 spiro atoms. The molecule has 2 N–H and O–H groups in total. The summed E-state index contributed by atoms with van der Waals surface area (Å²) in [4.78, 5) is 0.291. The summed E-state index contributed by atoms with van der Waals surface area (Å²) in [6.45, 7) is 1.53. The fourth-order valence-corrected chi connectivity index (χ4v) is 3.89. The van der Waals surface area contributed by atoms with Crippen molar-refractivity contribution in [1.82, 2.24) is 10.0 Å². The van der Waals surface area contributed by atoms with Crippen LogP contribution in [0.5, 0.6) is 0 Å². The van der Waals surface area contributed by atoms with Crippen LogP contribution < -0.4 is 10.0 Å². The highest BCUT2D eigenvalue weighted by atomic mass is 35.5. The van der Waals surface area contributed by atoms with Crippen molar-refractivity contribution in [3.63, 3.8) is 0 Å². The smallest absolute Gasteiger partial charge is 0.240 e. The van der Waals surface area contributed by atoms with Gasteiger partial charge >= 0.3 is 0 Å². The van der Waals surface area contributed by atoms with Gasteiger partial charge in [-0.05, 0) is 48.0 Å². The van der Waals surface area contributed by atoms with E-state index in [0.29, 0.717) is 16.5 Å². The molecule has 1 saturated heterocycles. The van der Waals surface area contributed by atoms with Gasteiger partial charge in [0, 0.05) is 17.6 Å². The normalized spacial score (nSPS) is 19.6. The van der Waals surface area contributed by atoms with Crippen LogP contribution in [0.25, 0.3) is 10.8 Å². The van der Waals surface area contributed by atoms with Crippen molar-refractivity contribution in [2.75, 3.05) is 13.1 Å². The van der Waals surface area contributed by atoms with Gasteiger partial charge in [0.1, 0.15) is 0 Å². The first-order valence-electron chi connectivity index (χ1n) is 6.47. The van der Waals surface area contributed by atoms with Crippen LogP contribution >= 0.6 is 11.6 Å². The van der Waals surface area contributed by atoms with Crippen LogP contribution in [0.4, 0.5) is 0 Å². The standard InChI is InChI=1S/C14H15ClN2O2S/c15-12-3-1-11-8-14(4-2-10(11)7-12)20(18,19)17-13-5-6-16-9-13/h1-4,7-8,13,16-17H,5-6,9H2/t13-/m0/s1. The zero-order valence-electron chi connectivity index (χ0n) is 10.8. The van der Waals surface area contributed by atoms with Gasteiger partial charge in [0.05, 0.1) is 4.90 Å². The molecule has 0 amide bonds. The Morgan fingerprint density at radius 3 is 2.65 bits per heavy atom. The van der Waals surface area contributed by atoms with Gasteiger partial charge in [0.25, 0.3) is 0 Å². The van der Waals surface area contributed by atoms with E-state index in [1.54, 1.807) is 24.3 Å². The molecule has 4 nitrogen and oxygen atoms in total. The number of hydrogen-bond acceptors (Lipinski definition) is 3. The Labute approximate surface area is 123 Å². The lowest BCUT2D eigenvalue weighted by Crippen LogP contribution is -2.36. The first kappa shape index (κ1) is 13.8. The van der Waals surface area contributed by atoms with Gasteiger partial charge < -0.3 is 5.32 Å².